The van der Waals surface area contributed by atoms with Gasteiger partial charge in [-0.05, 0) is 37.3 Å². The van der Waals surface area contributed by atoms with Gasteiger partial charge in [0.2, 0.25) is 5.13 Å². The van der Waals surface area contributed by atoms with Crippen LogP contribution in [0.5, 0.6) is 0 Å². The Labute approximate surface area is 167 Å². The predicted octanol–water partition coefficient (Wildman–Crippen LogP) is 2.33. The lowest BCUT2D eigenvalue weighted by Gasteiger charge is -2.32. The third-order valence-corrected chi connectivity index (χ3v) is 5.97. The number of para-hydroxylation sites is 1. The van der Waals surface area contributed by atoms with Crippen molar-refractivity contribution in [2.24, 2.45) is 5.92 Å². The molecule has 1 aliphatic rings. The smallest absolute Gasteiger partial charge is 0.273 e. The summed E-state index contributed by atoms with van der Waals surface area (Å²) >= 11 is 1.66. The number of carbonyl (C=O) groups is 1. The summed E-state index contributed by atoms with van der Waals surface area (Å²) in [6.45, 7) is 4.59. The Kier molecular flexibility index (Phi) is 5.61. The van der Waals surface area contributed by atoms with Crippen LogP contribution in [-0.2, 0) is 6.42 Å². The SMILES string of the molecule is CCc1nnc(N2CCCC(CNC(=O)c3cn(-c4ccccc4)nn3)C2)s1. The van der Waals surface area contributed by atoms with Crippen LogP contribution in [0.4, 0.5) is 5.13 Å². The Morgan fingerprint density at radius 3 is 2.89 bits per heavy atom. The summed E-state index contributed by atoms with van der Waals surface area (Å²) in [5, 5.41) is 21.6. The van der Waals surface area contributed by atoms with Gasteiger partial charge in [0.1, 0.15) is 5.01 Å². The highest BCUT2D eigenvalue weighted by Gasteiger charge is 2.23. The Morgan fingerprint density at radius 2 is 2.11 bits per heavy atom. The van der Waals surface area contributed by atoms with Crippen molar-refractivity contribution < 1.29 is 4.79 Å². The van der Waals surface area contributed by atoms with Crippen LogP contribution in [0.1, 0.15) is 35.3 Å². The van der Waals surface area contributed by atoms with E-state index in [-0.39, 0.29) is 5.91 Å². The van der Waals surface area contributed by atoms with E-state index in [1.165, 1.54) is 0 Å². The van der Waals surface area contributed by atoms with Gasteiger partial charge in [-0.25, -0.2) is 4.68 Å². The molecule has 4 rings (SSSR count). The van der Waals surface area contributed by atoms with E-state index in [1.807, 2.05) is 30.3 Å². The average molecular weight is 398 g/mol. The van der Waals surface area contributed by atoms with Crippen LogP contribution in [0, 0.1) is 5.92 Å². The lowest BCUT2D eigenvalue weighted by Crippen LogP contribution is -2.41. The molecule has 2 aromatic heterocycles. The second-order valence-corrected chi connectivity index (χ2v) is 7.92. The van der Waals surface area contributed by atoms with Crippen molar-refractivity contribution in [3.05, 3.63) is 47.2 Å². The molecule has 3 heterocycles. The van der Waals surface area contributed by atoms with Crippen molar-refractivity contribution in [1.82, 2.24) is 30.5 Å². The fourth-order valence-electron chi connectivity index (χ4n) is 3.32. The maximum atomic E-state index is 12.5. The second kappa shape index (κ2) is 8.47. The first-order chi connectivity index (χ1) is 13.7. The minimum Gasteiger partial charge on any atom is -0.350 e. The maximum Gasteiger partial charge on any atom is 0.273 e. The summed E-state index contributed by atoms with van der Waals surface area (Å²) in [5.41, 5.74) is 1.20. The topological polar surface area (TPSA) is 88.8 Å². The van der Waals surface area contributed by atoms with Crippen molar-refractivity contribution in [2.45, 2.75) is 26.2 Å². The molecule has 1 atom stereocenters. The van der Waals surface area contributed by atoms with E-state index in [0.29, 0.717) is 18.2 Å². The van der Waals surface area contributed by atoms with E-state index >= 15 is 0 Å². The number of rotatable bonds is 6. The number of nitrogens with one attached hydrogen (secondary N) is 1. The second-order valence-electron chi connectivity index (χ2n) is 6.88. The molecule has 1 amide bonds. The number of nitrogens with zero attached hydrogens (tertiary/aromatic N) is 6. The minimum atomic E-state index is -0.191. The number of anilines is 1. The van der Waals surface area contributed by atoms with Crippen molar-refractivity contribution in [1.29, 1.82) is 0 Å². The minimum absolute atomic E-state index is 0.191. The van der Waals surface area contributed by atoms with E-state index < -0.39 is 0 Å². The van der Waals surface area contributed by atoms with Crippen molar-refractivity contribution in [2.75, 3.05) is 24.5 Å². The molecule has 1 fully saturated rings. The van der Waals surface area contributed by atoms with E-state index in [1.54, 1.807) is 22.2 Å². The quantitative estimate of drug-likeness (QED) is 0.687. The van der Waals surface area contributed by atoms with Crippen LogP contribution in [0.25, 0.3) is 5.69 Å². The zero-order valence-electron chi connectivity index (χ0n) is 15.8. The van der Waals surface area contributed by atoms with Gasteiger partial charge in [0.25, 0.3) is 5.91 Å². The molecular weight excluding hydrogens is 374 g/mol. The number of benzene rings is 1. The fraction of sp³-hybridized carbons (Fsp3) is 0.421. The maximum absolute atomic E-state index is 12.5. The third kappa shape index (κ3) is 4.19. The van der Waals surface area contributed by atoms with Gasteiger partial charge in [0.15, 0.2) is 5.69 Å². The molecule has 0 aliphatic carbocycles. The van der Waals surface area contributed by atoms with Crippen LogP contribution < -0.4 is 10.2 Å². The molecule has 1 N–H and O–H groups in total. The van der Waals surface area contributed by atoms with Gasteiger partial charge in [-0.2, -0.15) is 0 Å². The van der Waals surface area contributed by atoms with Crippen LogP contribution in [0.2, 0.25) is 0 Å². The molecule has 0 radical (unpaired) electrons. The highest BCUT2D eigenvalue weighted by Crippen LogP contribution is 2.26. The fourth-order valence-corrected chi connectivity index (χ4v) is 4.14. The Balaban J connectivity index is 1.32. The number of hydrogen-bond donors (Lipinski definition) is 1. The van der Waals surface area contributed by atoms with Crippen LogP contribution in [0.3, 0.4) is 0 Å². The molecular formula is C19H23N7OS. The van der Waals surface area contributed by atoms with Gasteiger partial charge < -0.3 is 10.2 Å². The molecule has 1 unspecified atom stereocenters. The average Bonchev–Trinajstić information content (AvgIpc) is 3.43. The van der Waals surface area contributed by atoms with Crippen molar-refractivity contribution >= 4 is 22.4 Å². The lowest BCUT2D eigenvalue weighted by atomic mass is 9.98. The van der Waals surface area contributed by atoms with Gasteiger partial charge in [-0.15, -0.1) is 15.3 Å². The predicted molar refractivity (Wildman–Crippen MR) is 108 cm³/mol. The number of amides is 1. The van der Waals surface area contributed by atoms with E-state index in [4.69, 9.17) is 0 Å². The number of aromatic nitrogens is 5. The van der Waals surface area contributed by atoms with Crippen LogP contribution in [0.15, 0.2) is 36.5 Å². The summed E-state index contributed by atoms with van der Waals surface area (Å²) in [5.74, 6) is 0.194. The zero-order valence-corrected chi connectivity index (χ0v) is 16.6. The molecule has 3 aromatic rings. The molecule has 8 nitrogen and oxygen atoms in total. The zero-order chi connectivity index (χ0) is 19.3. The Bertz CT molecular complexity index is 923. The number of piperidine rings is 1. The highest BCUT2D eigenvalue weighted by atomic mass is 32.1. The van der Waals surface area contributed by atoms with E-state index in [9.17, 15) is 4.79 Å². The number of carbonyl (C=O) groups excluding carboxylic acids is 1. The van der Waals surface area contributed by atoms with Gasteiger partial charge >= 0.3 is 0 Å². The first-order valence-electron chi connectivity index (χ1n) is 9.56. The largest absolute Gasteiger partial charge is 0.350 e. The molecule has 28 heavy (non-hydrogen) atoms. The standard InChI is InChI=1S/C19H23N7OS/c1-2-17-22-23-19(28-17)25-10-6-7-14(12-25)11-20-18(27)16-13-26(24-21-16)15-8-4-3-5-9-15/h3-5,8-9,13-14H,2,6-7,10-12H2,1H3,(H,20,27). The number of hydrogen-bond acceptors (Lipinski definition) is 7. The normalized spacial score (nSPS) is 16.9. The van der Waals surface area contributed by atoms with Gasteiger partial charge in [-0.1, -0.05) is 41.7 Å². The van der Waals surface area contributed by atoms with Crippen molar-refractivity contribution in [3.63, 3.8) is 0 Å². The molecule has 1 aliphatic heterocycles. The summed E-state index contributed by atoms with van der Waals surface area (Å²) in [7, 11) is 0. The van der Waals surface area contributed by atoms with Crippen LogP contribution in [-0.4, -0.2) is 50.7 Å². The van der Waals surface area contributed by atoms with Crippen molar-refractivity contribution in [3.8, 4) is 5.69 Å². The van der Waals surface area contributed by atoms with E-state index in [0.717, 1.165) is 48.2 Å². The molecule has 0 saturated carbocycles. The Hall–Kier alpha value is -2.81. The van der Waals surface area contributed by atoms with Gasteiger partial charge in [-0.3, -0.25) is 4.79 Å². The van der Waals surface area contributed by atoms with Crippen LogP contribution >= 0.6 is 11.3 Å². The summed E-state index contributed by atoms with van der Waals surface area (Å²) in [6, 6.07) is 9.63. The molecule has 1 aromatic carbocycles. The molecule has 146 valence electrons. The Morgan fingerprint density at radius 1 is 1.25 bits per heavy atom. The number of aryl methyl sites for hydroxylation is 1. The van der Waals surface area contributed by atoms with E-state index in [2.05, 4.69) is 37.6 Å². The molecule has 0 spiro atoms. The third-order valence-electron chi connectivity index (χ3n) is 4.85. The molecule has 9 heteroatoms. The molecule has 0 bridgehead atoms. The molecule has 1 saturated heterocycles. The first kappa shape index (κ1) is 18.5. The summed E-state index contributed by atoms with van der Waals surface area (Å²) in [6.07, 6.45) is 4.75. The monoisotopic (exact) mass is 397 g/mol. The lowest BCUT2D eigenvalue weighted by molar-refractivity contribution is 0.0940. The van der Waals surface area contributed by atoms with Gasteiger partial charge in [0, 0.05) is 19.6 Å². The van der Waals surface area contributed by atoms with Gasteiger partial charge in [0.05, 0.1) is 11.9 Å². The first-order valence-corrected chi connectivity index (χ1v) is 10.4. The highest BCUT2D eigenvalue weighted by molar-refractivity contribution is 7.15. The summed E-state index contributed by atoms with van der Waals surface area (Å²) in [4.78, 5) is 14.7. The summed E-state index contributed by atoms with van der Waals surface area (Å²) < 4.78 is 1.61.